The highest BCUT2D eigenvalue weighted by Crippen LogP contribution is 2.18. The van der Waals surface area contributed by atoms with Crippen LogP contribution in [0.3, 0.4) is 0 Å². The molecule has 2 N–H and O–H groups in total. The van der Waals surface area contributed by atoms with E-state index in [1.54, 1.807) is 0 Å². The van der Waals surface area contributed by atoms with Gasteiger partial charge in [0.2, 0.25) is 0 Å². The van der Waals surface area contributed by atoms with E-state index in [0.29, 0.717) is 32.5 Å². The number of nitrogens with zero attached hydrogens (tertiary/aromatic N) is 2. The smallest absolute Gasteiger partial charge is 0.271 e. The Hall–Kier alpha value is -2.22. The Morgan fingerprint density at radius 2 is 2.04 bits per heavy atom. The minimum atomic E-state index is -0.345. The number of amides is 2. The molecule has 2 fully saturated rings. The van der Waals surface area contributed by atoms with Crippen molar-refractivity contribution in [3.05, 3.63) is 28.2 Å². The van der Waals surface area contributed by atoms with Gasteiger partial charge in [0, 0.05) is 31.8 Å². The van der Waals surface area contributed by atoms with E-state index in [1.807, 2.05) is 4.90 Å². The Labute approximate surface area is 133 Å². The van der Waals surface area contributed by atoms with Crippen LogP contribution in [0.4, 0.5) is 0 Å². The van der Waals surface area contributed by atoms with Crippen LogP contribution in [-0.2, 0) is 9.53 Å². The van der Waals surface area contributed by atoms with Crippen molar-refractivity contribution in [2.24, 2.45) is 0 Å². The molecule has 0 saturated carbocycles. The molecule has 124 valence electrons. The maximum absolute atomic E-state index is 12.3. The number of rotatable bonds is 3. The molecule has 2 aliphatic heterocycles. The van der Waals surface area contributed by atoms with Gasteiger partial charge in [-0.25, -0.2) is 5.10 Å². The summed E-state index contributed by atoms with van der Waals surface area (Å²) in [6.07, 6.45) is 2.86. The first kappa shape index (κ1) is 15.7. The van der Waals surface area contributed by atoms with E-state index in [0.717, 1.165) is 12.8 Å². The monoisotopic (exact) mass is 320 g/mol. The van der Waals surface area contributed by atoms with Crippen molar-refractivity contribution < 1.29 is 14.3 Å². The lowest BCUT2D eigenvalue weighted by atomic mass is 10.0. The van der Waals surface area contributed by atoms with Crippen LogP contribution in [-0.4, -0.2) is 58.8 Å². The Kier molecular flexibility index (Phi) is 4.71. The fraction of sp³-hybridized carbons (Fsp3) is 0.600. The van der Waals surface area contributed by atoms with Crippen molar-refractivity contribution in [2.45, 2.75) is 37.8 Å². The van der Waals surface area contributed by atoms with Gasteiger partial charge in [0.25, 0.3) is 17.4 Å². The number of hydrogen-bond donors (Lipinski definition) is 2. The first-order chi connectivity index (χ1) is 11.1. The van der Waals surface area contributed by atoms with Gasteiger partial charge < -0.3 is 15.0 Å². The van der Waals surface area contributed by atoms with Gasteiger partial charge in [-0.2, -0.15) is 5.10 Å². The topological polar surface area (TPSA) is 104 Å². The highest BCUT2D eigenvalue weighted by atomic mass is 16.5. The summed E-state index contributed by atoms with van der Waals surface area (Å²) in [5.41, 5.74) is -0.162. The minimum absolute atomic E-state index is 0.00442. The maximum atomic E-state index is 12.3. The lowest BCUT2D eigenvalue weighted by Crippen LogP contribution is -2.49. The Morgan fingerprint density at radius 1 is 1.26 bits per heavy atom. The maximum Gasteiger partial charge on any atom is 0.271 e. The summed E-state index contributed by atoms with van der Waals surface area (Å²) >= 11 is 0. The van der Waals surface area contributed by atoms with Gasteiger partial charge in [-0.1, -0.05) is 0 Å². The Bertz CT molecular complexity index is 610. The molecule has 0 spiro atoms. The molecule has 2 amide bonds. The summed E-state index contributed by atoms with van der Waals surface area (Å²) in [5.74, 6) is -0.250. The molecule has 2 aliphatic rings. The number of carbonyl (C=O) groups excluding carboxylic acids is 2. The molecule has 1 unspecified atom stereocenters. The first-order valence-corrected chi connectivity index (χ1v) is 7.90. The van der Waals surface area contributed by atoms with Crippen LogP contribution < -0.4 is 10.9 Å². The van der Waals surface area contributed by atoms with E-state index >= 15 is 0 Å². The first-order valence-electron chi connectivity index (χ1n) is 7.90. The second-order valence-electron chi connectivity index (χ2n) is 5.88. The van der Waals surface area contributed by atoms with Gasteiger partial charge in [0.1, 0.15) is 11.8 Å². The van der Waals surface area contributed by atoms with Gasteiger partial charge in [-0.05, 0) is 31.7 Å². The fourth-order valence-corrected chi connectivity index (χ4v) is 2.95. The summed E-state index contributed by atoms with van der Waals surface area (Å²) in [4.78, 5) is 37.1. The third-order valence-electron chi connectivity index (χ3n) is 4.26. The molecular formula is C15H20N4O4. The second-order valence-corrected chi connectivity index (χ2v) is 5.88. The predicted molar refractivity (Wildman–Crippen MR) is 80.9 cm³/mol. The molecule has 0 aliphatic carbocycles. The quantitative estimate of drug-likeness (QED) is 0.793. The third-order valence-corrected chi connectivity index (χ3v) is 4.26. The molecule has 3 rings (SSSR count). The molecule has 0 bridgehead atoms. The summed E-state index contributed by atoms with van der Waals surface area (Å²) in [7, 11) is 0. The molecule has 2 saturated heterocycles. The largest absolute Gasteiger partial charge is 0.368 e. The minimum Gasteiger partial charge on any atom is -0.368 e. The van der Waals surface area contributed by atoms with E-state index < -0.39 is 0 Å². The molecular weight excluding hydrogens is 300 g/mol. The highest BCUT2D eigenvalue weighted by Gasteiger charge is 2.31. The van der Waals surface area contributed by atoms with E-state index in [2.05, 4.69) is 15.5 Å². The molecule has 3 heterocycles. The van der Waals surface area contributed by atoms with Gasteiger partial charge in [0.05, 0.1) is 0 Å². The average molecular weight is 320 g/mol. The van der Waals surface area contributed by atoms with Crippen molar-refractivity contribution in [2.75, 3.05) is 19.7 Å². The summed E-state index contributed by atoms with van der Waals surface area (Å²) in [5, 5.41) is 8.84. The Morgan fingerprint density at radius 3 is 2.65 bits per heavy atom. The predicted octanol–water partition coefficient (Wildman–Crippen LogP) is -0.330. The second kappa shape index (κ2) is 6.91. The van der Waals surface area contributed by atoms with Gasteiger partial charge in [-0.15, -0.1) is 0 Å². The average Bonchev–Trinajstić information content (AvgIpc) is 3.10. The van der Waals surface area contributed by atoms with Crippen molar-refractivity contribution in [3.63, 3.8) is 0 Å². The number of ether oxygens (including phenoxy) is 1. The zero-order valence-corrected chi connectivity index (χ0v) is 12.8. The van der Waals surface area contributed by atoms with E-state index in [4.69, 9.17) is 4.74 Å². The SMILES string of the molecule is O=C(NC1CCN(C(=O)C2CCCO2)CC1)c1ccc(=O)[nH]n1. The molecule has 1 aromatic rings. The number of nitrogens with one attached hydrogen (secondary N) is 2. The number of piperidine rings is 1. The molecule has 23 heavy (non-hydrogen) atoms. The number of carbonyl (C=O) groups is 2. The highest BCUT2D eigenvalue weighted by molar-refractivity contribution is 5.92. The zero-order chi connectivity index (χ0) is 16.2. The number of aromatic amines is 1. The van der Waals surface area contributed by atoms with Crippen molar-refractivity contribution in [1.82, 2.24) is 20.4 Å². The molecule has 1 aromatic heterocycles. The summed E-state index contributed by atoms with van der Waals surface area (Å²) in [6, 6.07) is 2.67. The van der Waals surface area contributed by atoms with Gasteiger partial charge in [-0.3, -0.25) is 14.4 Å². The number of H-pyrrole nitrogens is 1. The normalized spacial score (nSPS) is 22.1. The number of aromatic nitrogens is 2. The summed E-state index contributed by atoms with van der Waals surface area (Å²) in [6.45, 7) is 1.89. The zero-order valence-electron chi connectivity index (χ0n) is 12.8. The van der Waals surface area contributed by atoms with Crippen molar-refractivity contribution in [3.8, 4) is 0 Å². The van der Waals surface area contributed by atoms with Crippen LogP contribution in [0, 0.1) is 0 Å². The fourth-order valence-electron chi connectivity index (χ4n) is 2.95. The van der Waals surface area contributed by atoms with Crippen molar-refractivity contribution in [1.29, 1.82) is 0 Å². The van der Waals surface area contributed by atoms with Crippen LogP contribution in [0.2, 0.25) is 0 Å². The van der Waals surface area contributed by atoms with Crippen LogP contribution in [0.1, 0.15) is 36.2 Å². The van der Waals surface area contributed by atoms with Crippen LogP contribution in [0.25, 0.3) is 0 Å². The van der Waals surface area contributed by atoms with Gasteiger partial charge >= 0.3 is 0 Å². The van der Waals surface area contributed by atoms with E-state index in [9.17, 15) is 14.4 Å². The van der Waals surface area contributed by atoms with E-state index in [-0.39, 0.29) is 35.2 Å². The lowest BCUT2D eigenvalue weighted by molar-refractivity contribution is -0.142. The molecule has 8 heteroatoms. The van der Waals surface area contributed by atoms with E-state index in [1.165, 1.54) is 12.1 Å². The van der Waals surface area contributed by atoms with Crippen LogP contribution >= 0.6 is 0 Å². The molecule has 0 radical (unpaired) electrons. The van der Waals surface area contributed by atoms with Crippen molar-refractivity contribution >= 4 is 11.8 Å². The van der Waals surface area contributed by atoms with Crippen LogP contribution in [0.15, 0.2) is 16.9 Å². The molecule has 1 atom stereocenters. The molecule has 8 nitrogen and oxygen atoms in total. The standard InChI is InChI=1S/C15H20N4O4/c20-13-4-3-11(17-18-13)14(21)16-10-5-7-19(8-6-10)15(22)12-2-1-9-23-12/h3-4,10,12H,1-2,5-9H2,(H,16,21)(H,18,20). The number of likely N-dealkylation sites (tertiary alicyclic amines) is 1. The lowest BCUT2D eigenvalue weighted by Gasteiger charge is -2.33. The Balaban J connectivity index is 1.49. The van der Waals surface area contributed by atoms with Crippen LogP contribution in [0.5, 0.6) is 0 Å². The number of hydrogen-bond acceptors (Lipinski definition) is 5. The van der Waals surface area contributed by atoms with Gasteiger partial charge in [0.15, 0.2) is 0 Å². The molecule has 0 aromatic carbocycles. The third kappa shape index (κ3) is 3.76. The summed E-state index contributed by atoms with van der Waals surface area (Å²) < 4.78 is 5.43.